The fourth-order valence-corrected chi connectivity index (χ4v) is 4.25. The van der Waals surface area contributed by atoms with Gasteiger partial charge in [-0.25, -0.2) is 13.9 Å². The number of hydrogen-bond donors (Lipinski definition) is 0. The number of benzene rings is 3. The van der Waals surface area contributed by atoms with Gasteiger partial charge in [0.15, 0.2) is 0 Å². The van der Waals surface area contributed by atoms with Crippen molar-refractivity contribution in [2.24, 2.45) is 0 Å². The van der Waals surface area contributed by atoms with Gasteiger partial charge in [0.1, 0.15) is 0 Å². The zero-order valence-electron chi connectivity index (χ0n) is 18.8. The van der Waals surface area contributed by atoms with Crippen molar-refractivity contribution in [2.75, 3.05) is 6.61 Å². The molecule has 0 radical (unpaired) electrons. The Kier molecular flexibility index (Phi) is 6.40. The van der Waals surface area contributed by atoms with Gasteiger partial charge in [0.2, 0.25) is 12.2 Å². The van der Waals surface area contributed by atoms with Gasteiger partial charge in [0.25, 0.3) is 5.56 Å². The molecule has 4 aromatic rings. The van der Waals surface area contributed by atoms with Crippen LogP contribution in [0.2, 0.25) is 0 Å². The van der Waals surface area contributed by atoms with Crippen LogP contribution in [0.15, 0.2) is 101 Å². The fourth-order valence-electron chi connectivity index (χ4n) is 4.25. The lowest BCUT2D eigenvalue weighted by atomic mass is 10.1. The molecule has 0 aliphatic carbocycles. The molecule has 0 amide bonds. The Morgan fingerprint density at radius 3 is 1.94 bits per heavy atom. The van der Waals surface area contributed by atoms with Crippen molar-refractivity contribution in [2.45, 2.75) is 32.0 Å². The summed E-state index contributed by atoms with van der Waals surface area (Å²) in [5, 5.41) is 0. The maximum atomic E-state index is 13.9. The maximum Gasteiger partial charge on any atom is 0.343 e. The number of para-hydroxylation sites is 2. The number of rotatable bonds is 6. The van der Waals surface area contributed by atoms with Crippen molar-refractivity contribution in [1.82, 2.24) is 9.13 Å². The average Bonchev–Trinajstić information content (AvgIpc) is 2.89. The molecule has 3 aromatic carbocycles. The van der Waals surface area contributed by atoms with E-state index in [2.05, 4.69) is 0 Å². The van der Waals surface area contributed by atoms with Crippen LogP contribution < -0.4 is 16.0 Å². The van der Waals surface area contributed by atoms with E-state index in [0.29, 0.717) is 36.4 Å². The predicted molar refractivity (Wildman–Crippen MR) is 131 cm³/mol. The zero-order valence-corrected chi connectivity index (χ0v) is 18.8. The molecule has 172 valence electrons. The van der Waals surface area contributed by atoms with E-state index in [1.54, 1.807) is 12.1 Å². The van der Waals surface area contributed by atoms with Crippen molar-refractivity contribution < 1.29 is 9.47 Å². The van der Waals surface area contributed by atoms with E-state index in [1.165, 1.54) is 9.13 Å². The first kappa shape index (κ1) is 21.9. The minimum atomic E-state index is -0.510. The molecule has 1 atom stereocenters. The summed E-state index contributed by atoms with van der Waals surface area (Å²) in [5.41, 5.74) is 1.62. The van der Waals surface area contributed by atoms with Crippen LogP contribution in [-0.4, -0.2) is 22.0 Å². The first-order valence-electron chi connectivity index (χ1n) is 11.6. The smallest absolute Gasteiger partial charge is 0.343 e. The van der Waals surface area contributed by atoms with Crippen LogP contribution in [0.25, 0.3) is 11.4 Å². The second-order valence-electron chi connectivity index (χ2n) is 8.29. The van der Waals surface area contributed by atoms with Gasteiger partial charge in [0.05, 0.1) is 23.5 Å². The average molecular weight is 455 g/mol. The molecule has 0 saturated carbocycles. The molecule has 0 N–H and O–H groups in total. The van der Waals surface area contributed by atoms with Gasteiger partial charge in [-0.1, -0.05) is 66.7 Å². The minimum absolute atomic E-state index is 0.240. The molecule has 5 rings (SSSR count). The number of nitrogens with zero attached hydrogens (tertiary/aromatic N) is 2. The van der Waals surface area contributed by atoms with Crippen LogP contribution in [0.4, 0.5) is 0 Å². The third-order valence-corrected chi connectivity index (χ3v) is 5.94. The Bertz CT molecular complexity index is 1360. The first-order chi connectivity index (χ1) is 16.7. The summed E-state index contributed by atoms with van der Waals surface area (Å²) < 4.78 is 14.9. The normalized spacial score (nSPS) is 15.7. The molecule has 34 heavy (non-hydrogen) atoms. The SMILES string of the molecule is O=c1c(Cc2ccccc2)c(OC2CCCCO2)n(-c2ccccc2)c(=O)n1-c1ccccc1. The van der Waals surface area contributed by atoms with E-state index >= 15 is 0 Å². The molecule has 2 heterocycles. The van der Waals surface area contributed by atoms with E-state index in [0.717, 1.165) is 18.4 Å². The number of aromatic nitrogens is 2. The lowest BCUT2D eigenvalue weighted by Gasteiger charge is -2.27. The summed E-state index contributed by atoms with van der Waals surface area (Å²) in [6.45, 7) is 0.593. The van der Waals surface area contributed by atoms with Gasteiger partial charge in [0, 0.05) is 12.8 Å². The molecule has 6 heteroatoms. The molecular weight excluding hydrogens is 428 g/mol. The summed E-state index contributed by atoms with van der Waals surface area (Å²) in [6, 6.07) is 28.0. The molecule has 0 bridgehead atoms. The Labute approximate surface area is 197 Å². The van der Waals surface area contributed by atoms with E-state index in [4.69, 9.17) is 9.47 Å². The third-order valence-electron chi connectivity index (χ3n) is 5.94. The van der Waals surface area contributed by atoms with Crippen molar-refractivity contribution in [3.8, 4) is 17.3 Å². The highest BCUT2D eigenvalue weighted by molar-refractivity contribution is 5.43. The summed E-state index contributed by atoms with van der Waals surface area (Å²) in [6.07, 6.45) is 2.45. The molecule has 6 nitrogen and oxygen atoms in total. The van der Waals surface area contributed by atoms with Crippen molar-refractivity contribution in [3.05, 3.63) is 123 Å². The van der Waals surface area contributed by atoms with Crippen LogP contribution in [0.1, 0.15) is 30.4 Å². The quantitative estimate of drug-likeness (QED) is 0.431. The topological polar surface area (TPSA) is 62.5 Å². The second-order valence-corrected chi connectivity index (χ2v) is 8.29. The van der Waals surface area contributed by atoms with Gasteiger partial charge in [-0.3, -0.25) is 4.79 Å². The van der Waals surface area contributed by atoms with Crippen molar-refractivity contribution in [1.29, 1.82) is 0 Å². The largest absolute Gasteiger partial charge is 0.449 e. The molecule has 1 unspecified atom stereocenters. The third kappa shape index (κ3) is 4.45. The van der Waals surface area contributed by atoms with Crippen LogP contribution >= 0.6 is 0 Å². The molecule has 0 spiro atoms. The highest BCUT2D eigenvalue weighted by atomic mass is 16.7. The standard InChI is InChI=1S/C28H26N2O4/c31-26-24(20-21-12-4-1-5-13-21)27(34-25-18-10-11-19-33-25)30(23-16-8-3-9-17-23)28(32)29(26)22-14-6-2-7-15-22/h1-9,12-17,25H,10-11,18-20H2. The summed E-state index contributed by atoms with van der Waals surface area (Å²) in [4.78, 5) is 27.7. The zero-order chi connectivity index (χ0) is 23.3. The summed E-state index contributed by atoms with van der Waals surface area (Å²) in [7, 11) is 0. The van der Waals surface area contributed by atoms with E-state index in [-0.39, 0.29) is 5.88 Å². The molecule has 1 aliphatic heterocycles. The monoisotopic (exact) mass is 454 g/mol. The van der Waals surface area contributed by atoms with Crippen molar-refractivity contribution >= 4 is 0 Å². The molecule has 1 fully saturated rings. The van der Waals surface area contributed by atoms with Gasteiger partial charge in [-0.2, -0.15) is 0 Å². The van der Waals surface area contributed by atoms with Gasteiger partial charge < -0.3 is 9.47 Å². The summed E-state index contributed by atoms with van der Waals surface area (Å²) >= 11 is 0. The van der Waals surface area contributed by atoms with E-state index in [1.807, 2.05) is 78.9 Å². The second kappa shape index (κ2) is 9.93. The molecule has 1 saturated heterocycles. The van der Waals surface area contributed by atoms with Gasteiger partial charge in [-0.15, -0.1) is 0 Å². The highest BCUT2D eigenvalue weighted by Gasteiger charge is 2.26. The lowest BCUT2D eigenvalue weighted by molar-refractivity contribution is -0.109. The van der Waals surface area contributed by atoms with Gasteiger partial charge >= 0.3 is 5.69 Å². The van der Waals surface area contributed by atoms with Crippen molar-refractivity contribution in [3.63, 3.8) is 0 Å². The Morgan fingerprint density at radius 2 is 1.35 bits per heavy atom. The predicted octanol–water partition coefficient (Wildman–Crippen LogP) is 4.48. The van der Waals surface area contributed by atoms with Crippen LogP contribution in [-0.2, 0) is 11.2 Å². The van der Waals surface area contributed by atoms with Crippen LogP contribution in [0, 0.1) is 0 Å². The summed E-state index contributed by atoms with van der Waals surface area (Å²) in [5.74, 6) is 0.240. The molecule has 1 aromatic heterocycles. The lowest BCUT2D eigenvalue weighted by Crippen LogP contribution is -2.42. The number of hydrogen-bond acceptors (Lipinski definition) is 4. The Balaban J connectivity index is 1.79. The Hall–Kier alpha value is -3.90. The van der Waals surface area contributed by atoms with Gasteiger partial charge in [-0.05, 0) is 42.7 Å². The van der Waals surface area contributed by atoms with E-state index in [9.17, 15) is 9.59 Å². The fraction of sp³-hybridized carbons (Fsp3) is 0.214. The van der Waals surface area contributed by atoms with Crippen LogP contribution in [0.3, 0.4) is 0 Å². The number of ether oxygens (including phenoxy) is 2. The van der Waals surface area contributed by atoms with E-state index < -0.39 is 17.5 Å². The first-order valence-corrected chi connectivity index (χ1v) is 11.6. The minimum Gasteiger partial charge on any atom is -0.449 e. The van der Waals surface area contributed by atoms with Crippen LogP contribution in [0.5, 0.6) is 5.88 Å². The molecular formula is C28H26N2O4. The molecule has 1 aliphatic rings. The Morgan fingerprint density at radius 1 is 0.765 bits per heavy atom. The maximum absolute atomic E-state index is 13.9. The highest BCUT2D eigenvalue weighted by Crippen LogP contribution is 2.26.